The molecular weight excluding hydrogens is 611 g/mol. The molecule has 3 aromatic carbocycles. The van der Waals surface area contributed by atoms with Crippen LogP contribution in [0.25, 0.3) is 0 Å². The molecule has 4 N–H and O–H groups in total. The van der Waals surface area contributed by atoms with E-state index in [4.69, 9.17) is 10.5 Å². The van der Waals surface area contributed by atoms with Gasteiger partial charge in [0.05, 0.1) is 11.8 Å². The number of urea groups is 1. The van der Waals surface area contributed by atoms with Gasteiger partial charge < -0.3 is 15.8 Å². The number of primary amides is 1. The van der Waals surface area contributed by atoms with E-state index >= 15 is 0 Å². The second-order valence-electron chi connectivity index (χ2n) is 11.1. The highest BCUT2D eigenvalue weighted by Crippen LogP contribution is 2.28. The quantitative estimate of drug-likeness (QED) is 0.206. The van der Waals surface area contributed by atoms with E-state index in [0.29, 0.717) is 23.9 Å². The van der Waals surface area contributed by atoms with Gasteiger partial charge in [-0.1, -0.05) is 24.3 Å². The molecular formula is C33H35FN6O5S. The maximum Gasteiger partial charge on any atom is 0.326 e. The Kier molecular flexibility index (Phi) is 9.83. The molecule has 5 rings (SSSR count). The highest BCUT2D eigenvalue weighted by molar-refractivity contribution is 7.92. The van der Waals surface area contributed by atoms with Crippen LogP contribution in [0, 0.1) is 12.7 Å². The normalized spacial score (nSPS) is 14.0. The van der Waals surface area contributed by atoms with Crippen molar-refractivity contribution in [3.8, 4) is 11.6 Å². The fraction of sp³-hybridized carbons (Fsp3) is 0.242. The number of halogens is 1. The molecule has 0 saturated carbocycles. The molecule has 1 aliphatic rings. The Bertz CT molecular complexity index is 1810. The molecule has 4 aromatic rings. The van der Waals surface area contributed by atoms with Crippen molar-refractivity contribution in [2.75, 3.05) is 34.3 Å². The van der Waals surface area contributed by atoms with Crippen LogP contribution < -0.4 is 25.4 Å². The van der Waals surface area contributed by atoms with E-state index < -0.39 is 21.7 Å². The third kappa shape index (κ3) is 8.37. The van der Waals surface area contributed by atoms with E-state index in [-0.39, 0.29) is 23.3 Å². The predicted octanol–water partition coefficient (Wildman–Crippen LogP) is 5.49. The molecule has 0 unspecified atom stereocenters. The predicted molar refractivity (Wildman–Crippen MR) is 175 cm³/mol. The van der Waals surface area contributed by atoms with Crippen molar-refractivity contribution in [3.05, 3.63) is 108 Å². The van der Waals surface area contributed by atoms with Gasteiger partial charge >= 0.3 is 6.03 Å². The summed E-state index contributed by atoms with van der Waals surface area (Å²) in [5.41, 5.74) is 8.32. The van der Waals surface area contributed by atoms with Gasteiger partial charge in [-0.2, -0.15) is 0 Å². The highest BCUT2D eigenvalue weighted by atomic mass is 32.2. The third-order valence-electron chi connectivity index (χ3n) is 7.60. The number of nitrogens with two attached hydrogens (primary N) is 1. The third-order valence-corrected chi connectivity index (χ3v) is 8.21. The van der Waals surface area contributed by atoms with Gasteiger partial charge in [0.1, 0.15) is 11.6 Å². The summed E-state index contributed by atoms with van der Waals surface area (Å²) in [6, 6.07) is 23.0. The van der Waals surface area contributed by atoms with Gasteiger partial charge in [0.25, 0.3) is 5.91 Å². The van der Waals surface area contributed by atoms with Crippen LogP contribution in [0.5, 0.6) is 11.6 Å². The zero-order valence-corrected chi connectivity index (χ0v) is 26.3. The molecule has 0 spiro atoms. The fourth-order valence-electron chi connectivity index (χ4n) is 5.35. The van der Waals surface area contributed by atoms with E-state index in [1.54, 1.807) is 35.2 Å². The molecule has 0 radical (unpaired) electrons. The first-order valence-electron chi connectivity index (χ1n) is 14.6. The Labute approximate surface area is 267 Å². The molecule has 240 valence electrons. The number of aromatic nitrogens is 1. The number of ether oxygens (including phenoxy) is 1. The molecule has 1 aromatic heterocycles. The molecule has 2 heterocycles. The van der Waals surface area contributed by atoms with Crippen molar-refractivity contribution in [1.82, 2.24) is 9.88 Å². The Hall–Kier alpha value is -5.01. The van der Waals surface area contributed by atoms with Crippen LogP contribution in [0.1, 0.15) is 34.5 Å². The number of rotatable bonds is 10. The number of para-hydroxylation sites is 1. The maximum absolute atomic E-state index is 14.0. The van der Waals surface area contributed by atoms with E-state index in [9.17, 15) is 22.4 Å². The number of nitrogens with zero attached hydrogens (tertiary/aromatic N) is 3. The number of piperidine rings is 1. The minimum atomic E-state index is -3.36. The van der Waals surface area contributed by atoms with Gasteiger partial charge in [0.15, 0.2) is 0 Å². The van der Waals surface area contributed by atoms with Crippen LogP contribution in [0.15, 0.2) is 84.9 Å². The monoisotopic (exact) mass is 646 g/mol. The van der Waals surface area contributed by atoms with Gasteiger partial charge in [-0.25, -0.2) is 22.6 Å². The molecule has 1 fully saturated rings. The molecule has 0 atom stereocenters. The van der Waals surface area contributed by atoms with E-state index in [1.165, 1.54) is 12.1 Å². The van der Waals surface area contributed by atoms with Crippen molar-refractivity contribution >= 4 is 39.0 Å². The maximum atomic E-state index is 14.0. The van der Waals surface area contributed by atoms with Crippen LogP contribution in [-0.4, -0.2) is 55.6 Å². The van der Waals surface area contributed by atoms with Crippen molar-refractivity contribution in [2.45, 2.75) is 32.4 Å². The van der Waals surface area contributed by atoms with Crippen LogP contribution in [0.2, 0.25) is 0 Å². The van der Waals surface area contributed by atoms with Crippen LogP contribution in [0.3, 0.4) is 0 Å². The van der Waals surface area contributed by atoms with Crippen LogP contribution >= 0.6 is 0 Å². The molecule has 0 aliphatic carbocycles. The summed E-state index contributed by atoms with van der Waals surface area (Å²) >= 11 is 0. The average Bonchev–Trinajstić information content (AvgIpc) is 3.01. The first-order chi connectivity index (χ1) is 21.9. The van der Waals surface area contributed by atoms with Crippen LogP contribution in [0.4, 0.5) is 26.2 Å². The van der Waals surface area contributed by atoms with E-state index in [0.717, 1.165) is 55.2 Å². The number of amides is 3. The van der Waals surface area contributed by atoms with Crippen molar-refractivity contribution < 1.29 is 27.1 Å². The Balaban J connectivity index is 1.21. The van der Waals surface area contributed by atoms with Crippen molar-refractivity contribution in [2.24, 2.45) is 5.73 Å². The summed E-state index contributed by atoms with van der Waals surface area (Å²) in [6.45, 7) is 4.10. The van der Waals surface area contributed by atoms with E-state index in [1.807, 2.05) is 43.3 Å². The molecule has 3 amide bonds. The highest BCUT2D eigenvalue weighted by Gasteiger charge is 2.30. The number of aryl methyl sites for hydroxylation is 1. The summed E-state index contributed by atoms with van der Waals surface area (Å²) in [6.07, 6.45) is 2.53. The fourth-order valence-corrected chi connectivity index (χ4v) is 5.92. The number of anilines is 3. The van der Waals surface area contributed by atoms with Gasteiger partial charge in [-0.3, -0.25) is 19.3 Å². The molecule has 11 nitrogen and oxygen atoms in total. The minimum Gasteiger partial charge on any atom is -0.439 e. The lowest BCUT2D eigenvalue weighted by Gasteiger charge is -2.38. The second kappa shape index (κ2) is 14.0. The number of hydrogen-bond acceptors (Lipinski definition) is 7. The summed E-state index contributed by atoms with van der Waals surface area (Å²) in [4.78, 5) is 33.8. The van der Waals surface area contributed by atoms with Gasteiger partial charge in [0.2, 0.25) is 15.9 Å². The largest absolute Gasteiger partial charge is 0.439 e. The Morgan fingerprint density at radius 1 is 1.00 bits per heavy atom. The number of benzene rings is 3. The first-order valence-corrected chi connectivity index (χ1v) is 16.5. The lowest BCUT2D eigenvalue weighted by Crippen LogP contribution is -2.49. The standard InChI is InChI=1S/C33H35FN6O5S/c1-22-23(8-15-31(36-22)45-28-12-9-24(10-13-28)38-46(2,43)44)21-39-18-16-27(17-19-39)40(26-6-4-3-5-7-26)33(42)37-25-11-14-30(34)29(20-25)32(35)41/h3-15,20,27,38H,16-19,21H2,1-2H3,(H2,35,41)(H,37,42). The summed E-state index contributed by atoms with van der Waals surface area (Å²) in [5.74, 6) is -0.705. The lowest BCUT2D eigenvalue weighted by molar-refractivity contribution is 0.0996. The number of nitrogens with one attached hydrogen (secondary N) is 2. The Morgan fingerprint density at radius 3 is 2.30 bits per heavy atom. The summed E-state index contributed by atoms with van der Waals surface area (Å²) < 4.78 is 45.1. The zero-order valence-electron chi connectivity index (χ0n) is 25.4. The van der Waals surface area contributed by atoms with Crippen LogP contribution in [-0.2, 0) is 16.6 Å². The summed E-state index contributed by atoms with van der Waals surface area (Å²) in [7, 11) is -3.36. The molecule has 1 aliphatic heterocycles. The number of carbonyl (C=O) groups is 2. The molecule has 1 saturated heterocycles. The number of pyridine rings is 1. The van der Waals surface area contributed by atoms with Crippen molar-refractivity contribution in [1.29, 1.82) is 0 Å². The number of carbonyl (C=O) groups excluding carboxylic acids is 2. The van der Waals surface area contributed by atoms with E-state index in [2.05, 4.69) is 19.9 Å². The number of likely N-dealkylation sites (tertiary alicyclic amines) is 1. The molecule has 46 heavy (non-hydrogen) atoms. The Morgan fingerprint density at radius 2 is 1.67 bits per heavy atom. The van der Waals surface area contributed by atoms with Crippen molar-refractivity contribution in [3.63, 3.8) is 0 Å². The number of sulfonamides is 1. The SMILES string of the molecule is Cc1nc(Oc2ccc(NS(C)(=O)=O)cc2)ccc1CN1CCC(N(C(=O)Nc2ccc(F)c(C(N)=O)c2)c2ccccc2)CC1. The molecule has 0 bridgehead atoms. The van der Waals surface area contributed by atoms with Gasteiger partial charge in [0, 0.05) is 54.5 Å². The average molecular weight is 647 g/mol. The molecule has 13 heteroatoms. The first kappa shape index (κ1) is 32.4. The smallest absolute Gasteiger partial charge is 0.326 e. The lowest BCUT2D eigenvalue weighted by atomic mass is 10.0. The topological polar surface area (TPSA) is 147 Å². The zero-order chi connectivity index (χ0) is 32.8. The minimum absolute atomic E-state index is 0.0938. The van der Waals surface area contributed by atoms with Gasteiger partial charge in [-0.05, 0) is 79.9 Å². The second-order valence-corrected chi connectivity index (χ2v) is 12.8. The van der Waals surface area contributed by atoms with Gasteiger partial charge in [-0.15, -0.1) is 0 Å². The number of hydrogen-bond donors (Lipinski definition) is 3. The summed E-state index contributed by atoms with van der Waals surface area (Å²) in [5, 5.41) is 2.80.